The van der Waals surface area contributed by atoms with Gasteiger partial charge in [-0.15, -0.1) is 0 Å². The molecular formula is C20H28N4O4. The van der Waals surface area contributed by atoms with E-state index in [-0.39, 0.29) is 17.7 Å². The number of aryl methyl sites for hydroxylation is 1. The number of anilines is 1. The first-order valence-electron chi connectivity index (χ1n) is 9.30. The van der Waals surface area contributed by atoms with Crippen LogP contribution in [0.5, 0.6) is 11.5 Å². The van der Waals surface area contributed by atoms with Crippen molar-refractivity contribution in [2.45, 2.75) is 5.92 Å². The number of hydrogen-bond acceptors (Lipinski definition) is 6. The van der Waals surface area contributed by atoms with Gasteiger partial charge in [-0.1, -0.05) is 0 Å². The zero-order valence-electron chi connectivity index (χ0n) is 16.8. The minimum absolute atomic E-state index is 0.0584. The summed E-state index contributed by atoms with van der Waals surface area (Å²) in [6.07, 6.45) is 3.82. The number of rotatable bonds is 8. The highest BCUT2D eigenvalue weighted by molar-refractivity contribution is 5.96. The number of nitrogens with one attached hydrogen (secondary N) is 1. The van der Waals surface area contributed by atoms with Crippen molar-refractivity contribution in [1.29, 1.82) is 0 Å². The van der Waals surface area contributed by atoms with Gasteiger partial charge in [0.15, 0.2) is 11.5 Å². The Balaban J connectivity index is 1.89. The van der Waals surface area contributed by atoms with Gasteiger partial charge in [-0.05, 0) is 17.7 Å². The molecule has 1 saturated heterocycles. The highest BCUT2D eigenvalue weighted by atomic mass is 16.5. The molecule has 0 radical (unpaired) electrons. The van der Waals surface area contributed by atoms with Gasteiger partial charge in [0.2, 0.25) is 5.91 Å². The molecular weight excluding hydrogens is 360 g/mol. The van der Waals surface area contributed by atoms with Crippen molar-refractivity contribution >= 4 is 11.6 Å². The second-order valence-corrected chi connectivity index (χ2v) is 6.84. The monoisotopic (exact) mass is 388 g/mol. The van der Waals surface area contributed by atoms with E-state index >= 15 is 0 Å². The Morgan fingerprint density at radius 1 is 1.25 bits per heavy atom. The molecule has 1 aliphatic heterocycles. The first-order chi connectivity index (χ1) is 13.6. The third-order valence-corrected chi connectivity index (χ3v) is 5.15. The fourth-order valence-electron chi connectivity index (χ4n) is 3.66. The molecule has 0 spiro atoms. The summed E-state index contributed by atoms with van der Waals surface area (Å²) < 4.78 is 17.7. The molecule has 28 heavy (non-hydrogen) atoms. The Kier molecular flexibility index (Phi) is 6.53. The van der Waals surface area contributed by atoms with Crippen LogP contribution in [-0.2, 0) is 16.6 Å². The molecule has 2 atom stereocenters. The van der Waals surface area contributed by atoms with Crippen molar-refractivity contribution < 1.29 is 19.0 Å². The van der Waals surface area contributed by atoms with Gasteiger partial charge in [0, 0.05) is 57.7 Å². The highest BCUT2D eigenvalue weighted by Gasteiger charge is 2.37. The molecule has 8 nitrogen and oxygen atoms in total. The molecule has 0 bridgehead atoms. The maximum absolute atomic E-state index is 13.5. The molecule has 1 aliphatic rings. The Labute approximate surface area is 165 Å². The third kappa shape index (κ3) is 4.13. The van der Waals surface area contributed by atoms with E-state index < -0.39 is 0 Å². The zero-order valence-corrected chi connectivity index (χ0v) is 16.8. The van der Waals surface area contributed by atoms with E-state index in [1.54, 1.807) is 30.9 Å². The van der Waals surface area contributed by atoms with Crippen LogP contribution in [0.2, 0.25) is 0 Å². The van der Waals surface area contributed by atoms with Gasteiger partial charge in [0.1, 0.15) is 0 Å². The Hall–Kier alpha value is -2.58. The first kappa shape index (κ1) is 20.2. The molecule has 1 aromatic carbocycles. The molecule has 1 aromatic heterocycles. The number of ether oxygens (including phenoxy) is 3. The van der Waals surface area contributed by atoms with Crippen LogP contribution >= 0.6 is 0 Å². The average Bonchev–Trinajstić information content (AvgIpc) is 3.36. The summed E-state index contributed by atoms with van der Waals surface area (Å²) in [5, 5.41) is 7.62. The second kappa shape index (κ2) is 9.07. The van der Waals surface area contributed by atoms with E-state index in [1.807, 2.05) is 37.6 Å². The summed E-state index contributed by atoms with van der Waals surface area (Å²) in [5.74, 6) is 1.19. The van der Waals surface area contributed by atoms with Gasteiger partial charge in [-0.25, -0.2) is 0 Å². The maximum Gasteiger partial charge on any atom is 0.232 e. The van der Waals surface area contributed by atoms with Crippen LogP contribution in [0.3, 0.4) is 0 Å². The standard InChI is InChI=1S/C20H28N4O4/c1-23-13-14(10-22-23)16-11-21-12-17(16)20(25)24(7-8-26-2)15-5-6-18(27-3)19(9-15)28-4/h5-6,9-10,13,16-17,21H,7-8,11-12H2,1-4H3/t16-,17+/m1/s1. The number of aromatic nitrogens is 2. The van der Waals surface area contributed by atoms with Crippen LogP contribution in [-0.4, -0.2) is 63.3 Å². The quantitative estimate of drug-likeness (QED) is 0.737. The van der Waals surface area contributed by atoms with E-state index in [1.165, 1.54) is 0 Å². The number of hydrogen-bond donors (Lipinski definition) is 1. The molecule has 0 unspecified atom stereocenters. The van der Waals surface area contributed by atoms with Crippen LogP contribution in [0.25, 0.3) is 0 Å². The molecule has 8 heteroatoms. The molecule has 152 valence electrons. The molecule has 2 aromatic rings. The van der Waals surface area contributed by atoms with E-state index in [9.17, 15) is 4.79 Å². The fourth-order valence-corrected chi connectivity index (χ4v) is 3.66. The predicted molar refractivity (Wildman–Crippen MR) is 106 cm³/mol. The van der Waals surface area contributed by atoms with Crippen LogP contribution < -0.4 is 19.7 Å². The van der Waals surface area contributed by atoms with Gasteiger partial charge in [-0.3, -0.25) is 9.48 Å². The van der Waals surface area contributed by atoms with Gasteiger partial charge < -0.3 is 24.4 Å². The van der Waals surface area contributed by atoms with Gasteiger partial charge in [0.05, 0.1) is 32.9 Å². The van der Waals surface area contributed by atoms with Crippen molar-refractivity contribution in [1.82, 2.24) is 15.1 Å². The van der Waals surface area contributed by atoms with Crippen molar-refractivity contribution in [3.05, 3.63) is 36.2 Å². The van der Waals surface area contributed by atoms with Gasteiger partial charge >= 0.3 is 0 Å². The number of carbonyl (C=O) groups excluding carboxylic acids is 1. The lowest BCUT2D eigenvalue weighted by molar-refractivity contribution is -0.122. The number of amides is 1. The molecule has 1 amide bonds. The largest absolute Gasteiger partial charge is 0.493 e. The van der Waals surface area contributed by atoms with Crippen LogP contribution in [0, 0.1) is 5.92 Å². The van der Waals surface area contributed by atoms with Crippen molar-refractivity contribution in [2.75, 3.05) is 52.5 Å². The van der Waals surface area contributed by atoms with Gasteiger partial charge in [0.25, 0.3) is 0 Å². The lowest BCUT2D eigenvalue weighted by Gasteiger charge is -2.28. The van der Waals surface area contributed by atoms with Crippen LogP contribution in [0.4, 0.5) is 5.69 Å². The Morgan fingerprint density at radius 3 is 2.68 bits per heavy atom. The van der Waals surface area contributed by atoms with Crippen LogP contribution in [0.15, 0.2) is 30.6 Å². The SMILES string of the molecule is COCCN(C(=O)[C@H]1CNC[C@@H]1c1cnn(C)c1)c1ccc(OC)c(OC)c1. The summed E-state index contributed by atoms with van der Waals surface area (Å²) in [6.45, 7) is 2.29. The molecule has 3 rings (SSSR count). The molecule has 2 heterocycles. The summed E-state index contributed by atoms with van der Waals surface area (Å²) in [4.78, 5) is 15.3. The number of nitrogens with zero attached hydrogens (tertiary/aromatic N) is 3. The fraction of sp³-hybridized carbons (Fsp3) is 0.500. The predicted octanol–water partition coefficient (Wildman–Crippen LogP) is 1.42. The zero-order chi connectivity index (χ0) is 20.1. The summed E-state index contributed by atoms with van der Waals surface area (Å²) in [5.41, 5.74) is 1.83. The smallest absolute Gasteiger partial charge is 0.232 e. The lowest BCUT2D eigenvalue weighted by Crippen LogP contribution is -2.40. The normalized spacial score (nSPS) is 18.9. The van der Waals surface area contributed by atoms with E-state index in [0.29, 0.717) is 31.2 Å². The van der Waals surface area contributed by atoms with Crippen molar-refractivity contribution in [3.8, 4) is 11.5 Å². The summed E-state index contributed by atoms with van der Waals surface area (Å²) in [6, 6.07) is 5.51. The van der Waals surface area contributed by atoms with E-state index in [0.717, 1.165) is 17.8 Å². The van der Waals surface area contributed by atoms with Crippen molar-refractivity contribution in [2.24, 2.45) is 13.0 Å². The molecule has 1 fully saturated rings. The molecule has 1 N–H and O–H groups in total. The highest BCUT2D eigenvalue weighted by Crippen LogP contribution is 2.34. The maximum atomic E-state index is 13.5. The molecule has 0 aliphatic carbocycles. The third-order valence-electron chi connectivity index (χ3n) is 5.15. The topological polar surface area (TPSA) is 77.9 Å². The first-order valence-corrected chi connectivity index (χ1v) is 9.30. The number of carbonyl (C=O) groups is 1. The van der Waals surface area contributed by atoms with E-state index in [2.05, 4.69) is 10.4 Å². The minimum atomic E-state index is -0.172. The second-order valence-electron chi connectivity index (χ2n) is 6.84. The summed E-state index contributed by atoms with van der Waals surface area (Å²) >= 11 is 0. The average molecular weight is 388 g/mol. The minimum Gasteiger partial charge on any atom is -0.493 e. The molecule has 0 saturated carbocycles. The Morgan fingerprint density at radius 2 is 2.04 bits per heavy atom. The summed E-state index contributed by atoms with van der Waals surface area (Å²) in [7, 11) is 6.69. The number of benzene rings is 1. The number of methoxy groups -OCH3 is 3. The van der Waals surface area contributed by atoms with Crippen molar-refractivity contribution in [3.63, 3.8) is 0 Å². The van der Waals surface area contributed by atoms with Crippen LogP contribution in [0.1, 0.15) is 11.5 Å². The van der Waals surface area contributed by atoms with E-state index in [4.69, 9.17) is 14.2 Å². The lowest BCUT2D eigenvalue weighted by atomic mass is 9.89. The Bertz CT molecular complexity index is 807. The van der Waals surface area contributed by atoms with Gasteiger partial charge in [-0.2, -0.15) is 5.10 Å².